The lowest BCUT2D eigenvalue weighted by Gasteiger charge is -2.13. The summed E-state index contributed by atoms with van der Waals surface area (Å²) in [4.78, 5) is 16.7. The summed E-state index contributed by atoms with van der Waals surface area (Å²) in [7, 11) is 0. The van der Waals surface area contributed by atoms with Gasteiger partial charge in [-0.3, -0.25) is 4.79 Å². The summed E-state index contributed by atoms with van der Waals surface area (Å²) in [6.45, 7) is 1.86. The van der Waals surface area contributed by atoms with Gasteiger partial charge in [-0.15, -0.1) is 0 Å². The molecule has 2 heterocycles. The lowest BCUT2D eigenvalue weighted by atomic mass is 10.1. The minimum absolute atomic E-state index is 0.204. The van der Waals surface area contributed by atoms with Crippen molar-refractivity contribution in [1.82, 2.24) is 10.3 Å². The van der Waals surface area contributed by atoms with Crippen molar-refractivity contribution >= 4 is 22.6 Å². The third kappa shape index (κ3) is 2.58. The van der Waals surface area contributed by atoms with E-state index >= 15 is 0 Å². The molecule has 1 amide bonds. The molecule has 0 saturated heterocycles. The molecule has 5 heteroatoms. The van der Waals surface area contributed by atoms with Crippen molar-refractivity contribution in [3.05, 3.63) is 60.1 Å². The fraction of sp³-hybridized carbons (Fsp3) is 0.125. The molecule has 0 bridgehead atoms. The van der Waals surface area contributed by atoms with Crippen LogP contribution in [0.1, 0.15) is 29.1 Å². The maximum absolute atomic E-state index is 12.5. The Bertz CT molecular complexity index is 781. The van der Waals surface area contributed by atoms with Crippen molar-refractivity contribution in [3.8, 4) is 0 Å². The van der Waals surface area contributed by atoms with Crippen molar-refractivity contribution in [2.45, 2.75) is 13.0 Å². The normalized spacial score (nSPS) is 12.2. The minimum Gasteiger partial charge on any atom is -0.467 e. The van der Waals surface area contributed by atoms with E-state index < -0.39 is 0 Å². The number of carbonyl (C=O) groups excluding carboxylic acids is 1. The molecule has 2 aromatic heterocycles. The number of hydrogen-bond acceptors (Lipinski definition) is 4. The lowest BCUT2D eigenvalue weighted by Crippen LogP contribution is -2.26. The van der Waals surface area contributed by atoms with Crippen LogP contribution in [0.25, 0.3) is 10.9 Å². The first kappa shape index (κ1) is 13.2. The van der Waals surface area contributed by atoms with E-state index in [4.69, 9.17) is 10.2 Å². The number of para-hydroxylation sites is 1. The SMILES string of the molecule is CC(NC(=O)c1cc(N)nc2ccccc12)c1ccco1. The number of pyridine rings is 1. The molecule has 0 radical (unpaired) electrons. The highest BCUT2D eigenvalue weighted by molar-refractivity contribution is 6.06. The van der Waals surface area contributed by atoms with Crippen LogP contribution in [-0.2, 0) is 0 Å². The van der Waals surface area contributed by atoms with Crippen LogP contribution in [0.4, 0.5) is 5.82 Å². The van der Waals surface area contributed by atoms with Gasteiger partial charge in [0.25, 0.3) is 5.91 Å². The van der Waals surface area contributed by atoms with E-state index in [1.54, 1.807) is 18.4 Å². The van der Waals surface area contributed by atoms with Crippen LogP contribution in [0.2, 0.25) is 0 Å². The number of nitrogens with one attached hydrogen (secondary N) is 1. The van der Waals surface area contributed by atoms with E-state index in [2.05, 4.69) is 10.3 Å². The first-order chi connectivity index (χ1) is 10.1. The zero-order valence-corrected chi connectivity index (χ0v) is 11.5. The second-order valence-corrected chi connectivity index (χ2v) is 4.82. The van der Waals surface area contributed by atoms with Gasteiger partial charge in [0.05, 0.1) is 23.4 Å². The molecule has 5 nitrogen and oxygen atoms in total. The van der Waals surface area contributed by atoms with E-state index in [0.717, 1.165) is 5.39 Å². The molecule has 0 saturated carbocycles. The zero-order valence-electron chi connectivity index (χ0n) is 11.5. The summed E-state index contributed by atoms with van der Waals surface area (Å²) in [6, 6.07) is 12.4. The summed E-state index contributed by atoms with van der Waals surface area (Å²) < 4.78 is 5.29. The predicted octanol–water partition coefficient (Wildman–Crippen LogP) is 2.90. The molecule has 3 N–H and O–H groups in total. The maximum Gasteiger partial charge on any atom is 0.252 e. The average Bonchev–Trinajstić information content (AvgIpc) is 3.00. The minimum atomic E-state index is -0.222. The van der Waals surface area contributed by atoms with Crippen LogP contribution in [-0.4, -0.2) is 10.9 Å². The van der Waals surface area contributed by atoms with Gasteiger partial charge in [0.1, 0.15) is 11.6 Å². The molecule has 0 aliphatic rings. The Kier molecular flexibility index (Phi) is 3.31. The molecule has 106 valence electrons. The van der Waals surface area contributed by atoms with Gasteiger partial charge in [0.2, 0.25) is 0 Å². The molecule has 3 aromatic rings. The largest absolute Gasteiger partial charge is 0.467 e. The number of furan rings is 1. The third-order valence-electron chi connectivity index (χ3n) is 3.30. The van der Waals surface area contributed by atoms with E-state index in [0.29, 0.717) is 22.7 Å². The van der Waals surface area contributed by atoms with Crippen molar-refractivity contribution in [1.29, 1.82) is 0 Å². The number of hydrogen-bond donors (Lipinski definition) is 2. The molecule has 1 unspecified atom stereocenters. The summed E-state index contributed by atoms with van der Waals surface area (Å²) in [6.07, 6.45) is 1.58. The number of fused-ring (bicyclic) bond motifs is 1. The molecule has 0 spiro atoms. The van der Waals surface area contributed by atoms with Crippen LogP contribution >= 0.6 is 0 Å². The van der Waals surface area contributed by atoms with Crippen LogP contribution in [0.15, 0.2) is 53.1 Å². The number of amides is 1. The number of nitrogens with zero attached hydrogens (tertiary/aromatic N) is 1. The molecule has 3 rings (SSSR count). The standard InChI is InChI=1S/C16H15N3O2/c1-10(14-7-4-8-21-14)18-16(20)12-9-15(17)19-13-6-3-2-5-11(12)13/h2-10H,1H3,(H2,17,19)(H,18,20). The van der Waals surface area contributed by atoms with Gasteiger partial charge in [-0.2, -0.15) is 0 Å². The molecule has 21 heavy (non-hydrogen) atoms. The highest BCUT2D eigenvalue weighted by atomic mass is 16.3. The fourth-order valence-electron chi connectivity index (χ4n) is 2.27. The first-order valence-electron chi connectivity index (χ1n) is 6.64. The Morgan fingerprint density at radius 3 is 2.86 bits per heavy atom. The van der Waals surface area contributed by atoms with Crippen molar-refractivity contribution < 1.29 is 9.21 Å². The van der Waals surface area contributed by atoms with Gasteiger partial charge < -0.3 is 15.5 Å². The quantitative estimate of drug-likeness (QED) is 0.773. The first-order valence-corrected chi connectivity index (χ1v) is 6.64. The van der Waals surface area contributed by atoms with Gasteiger partial charge in [0.15, 0.2) is 0 Å². The second kappa shape index (κ2) is 5.28. The Balaban J connectivity index is 1.94. The van der Waals surface area contributed by atoms with Crippen LogP contribution < -0.4 is 11.1 Å². The molecule has 0 aliphatic heterocycles. The summed E-state index contributed by atoms with van der Waals surface area (Å²) in [5.41, 5.74) is 6.99. The molecular formula is C16H15N3O2. The Morgan fingerprint density at radius 1 is 1.29 bits per heavy atom. The average molecular weight is 281 g/mol. The van der Waals surface area contributed by atoms with Gasteiger partial charge in [-0.05, 0) is 31.2 Å². The second-order valence-electron chi connectivity index (χ2n) is 4.82. The zero-order chi connectivity index (χ0) is 14.8. The van der Waals surface area contributed by atoms with E-state index in [1.165, 1.54) is 0 Å². The van der Waals surface area contributed by atoms with Gasteiger partial charge in [-0.1, -0.05) is 18.2 Å². The number of carbonyl (C=O) groups is 1. The van der Waals surface area contributed by atoms with Gasteiger partial charge >= 0.3 is 0 Å². The monoisotopic (exact) mass is 281 g/mol. The Morgan fingerprint density at radius 2 is 2.10 bits per heavy atom. The van der Waals surface area contributed by atoms with Crippen LogP contribution in [0.3, 0.4) is 0 Å². The number of nitrogens with two attached hydrogens (primary N) is 1. The Labute approximate surface area is 121 Å². The molecule has 0 aliphatic carbocycles. The third-order valence-corrected chi connectivity index (χ3v) is 3.30. The highest BCUT2D eigenvalue weighted by Gasteiger charge is 2.16. The fourth-order valence-corrected chi connectivity index (χ4v) is 2.27. The smallest absolute Gasteiger partial charge is 0.252 e. The maximum atomic E-state index is 12.5. The van der Waals surface area contributed by atoms with E-state index in [1.807, 2.05) is 37.3 Å². The summed E-state index contributed by atoms with van der Waals surface area (Å²) in [5, 5.41) is 3.68. The predicted molar refractivity (Wildman–Crippen MR) is 80.7 cm³/mol. The van der Waals surface area contributed by atoms with Crippen molar-refractivity contribution in [2.75, 3.05) is 5.73 Å². The highest BCUT2D eigenvalue weighted by Crippen LogP contribution is 2.21. The number of benzene rings is 1. The summed E-state index contributed by atoms with van der Waals surface area (Å²) >= 11 is 0. The van der Waals surface area contributed by atoms with E-state index in [-0.39, 0.29) is 11.9 Å². The molecule has 1 atom stereocenters. The molecule has 1 aromatic carbocycles. The van der Waals surface area contributed by atoms with Crippen LogP contribution in [0, 0.1) is 0 Å². The lowest BCUT2D eigenvalue weighted by molar-refractivity contribution is 0.0937. The van der Waals surface area contributed by atoms with Gasteiger partial charge in [0, 0.05) is 5.39 Å². The molecular weight excluding hydrogens is 266 g/mol. The Hall–Kier alpha value is -2.82. The summed E-state index contributed by atoms with van der Waals surface area (Å²) in [5.74, 6) is 0.823. The van der Waals surface area contributed by atoms with Crippen molar-refractivity contribution in [2.24, 2.45) is 0 Å². The topological polar surface area (TPSA) is 81.2 Å². The number of aromatic nitrogens is 1. The molecule has 0 fully saturated rings. The number of nitrogen functional groups attached to an aromatic ring is 1. The number of rotatable bonds is 3. The van der Waals surface area contributed by atoms with Crippen LogP contribution in [0.5, 0.6) is 0 Å². The number of anilines is 1. The van der Waals surface area contributed by atoms with Gasteiger partial charge in [-0.25, -0.2) is 4.98 Å². The van der Waals surface area contributed by atoms with Crippen molar-refractivity contribution in [3.63, 3.8) is 0 Å². The van der Waals surface area contributed by atoms with E-state index in [9.17, 15) is 4.79 Å².